The normalized spacial score (nSPS) is 33.4. The molecule has 2 aliphatic rings. The molecular formula is C24H41N2O19P. The molecule has 46 heavy (non-hydrogen) atoms. The van der Waals surface area contributed by atoms with Gasteiger partial charge in [0.25, 0.3) is 0 Å². The number of nitrogens with two attached hydrogens (primary N) is 1. The predicted octanol–water partition coefficient (Wildman–Crippen LogP) is -2.87. The van der Waals surface area contributed by atoms with Crippen LogP contribution >= 0.6 is 7.82 Å². The Morgan fingerprint density at radius 1 is 0.978 bits per heavy atom. The summed E-state index contributed by atoms with van der Waals surface area (Å²) in [6.07, 6.45) is -18.8. The minimum absolute atomic E-state index is 0.0187. The zero-order chi connectivity index (χ0) is 34.8. The number of nitrogens with one attached hydrogen (secondary N) is 1. The molecule has 0 aliphatic carbocycles. The second-order valence-electron chi connectivity index (χ2n) is 10.3. The SMILES string of the molecule is CCCCCCO[C@H](COP(=O)(O)O[C@H]1O[C@H](C(=O)O)[C@@H](O)[C@H](OC(N)=O)[C@H]1O[C@@H]1O[C@H](CO)[C@@H](O)[C@H](O)[C@H]1NC(C)=O)C(=O)O. The molecule has 0 aromatic rings. The number of phosphoric acid groups is 1. The number of carboxylic acids is 2. The van der Waals surface area contributed by atoms with Crippen molar-refractivity contribution in [2.75, 3.05) is 19.8 Å². The van der Waals surface area contributed by atoms with E-state index in [9.17, 15) is 59.3 Å². The molecule has 10 N–H and O–H groups in total. The Kier molecular flexibility index (Phi) is 15.6. The standard InChI is InChI=1S/C24H41N2O19P/c1-3-4-5-6-7-39-12(20(32)33)9-40-46(37,38)45-23-19(17(44-24(25)36)16(31)18(42-23)21(34)35)43-22-13(26-10(2)28)15(30)14(29)11(8-27)41-22/h11-19,22-23,27,29-31H,3-9H2,1-2H3,(H2,25,36)(H,26,28)(H,32,33)(H,34,35)(H,37,38)/t11-,12-,13-,14-,15-,16+,17+,18+,19-,22+,23-/m1/s1. The van der Waals surface area contributed by atoms with Crippen LogP contribution in [0.1, 0.15) is 39.5 Å². The first-order chi connectivity index (χ1) is 21.5. The number of carboxylic acid groups (broad SMARTS) is 2. The maximum absolute atomic E-state index is 12.9. The highest BCUT2D eigenvalue weighted by molar-refractivity contribution is 7.47. The van der Waals surface area contributed by atoms with Crippen LogP contribution in [0.3, 0.4) is 0 Å². The number of unbranched alkanes of at least 4 members (excludes halogenated alkanes) is 3. The van der Waals surface area contributed by atoms with Gasteiger partial charge in [0.05, 0.1) is 13.2 Å². The smallest absolute Gasteiger partial charge is 0.474 e. The Hall–Kier alpha value is -2.53. The summed E-state index contributed by atoms with van der Waals surface area (Å²) in [6.45, 7) is 1.02. The lowest BCUT2D eigenvalue weighted by Gasteiger charge is -2.47. The number of hydrogen-bond acceptors (Lipinski definition) is 16. The molecule has 12 atom stereocenters. The molecule has 2 rings (SSSR count). The maximum atomic E-state index is 12.9. The minimum Gasteiger partial charge on any atom is -0.479 e. The molecule has 21 nitrogen and oxygen atoms in total. The number of carbonyl (C=O) groups is 4. The van der Waals surface area contributed by atoms with Gasteiger partial charge in [-0.2, -0.15) is 0 Å². The molecule has 266 valence electrons. The van der Waals surface area contributed by atoms with Crippen molar-refractivity contribution >= 4 is 31.8 Å². The molecule has 0 spiro atoms. The molecule has 1 unspecified atom stereocenters. The molecule has 0 aromatic carbocycles. The lowest BCUT2D eigenvalue weighted by atomic mass is 9.95. The van der Waals surface area contributed by atoms with E-state index in [2.05, 4.69) is 5.32 Å². The van der Waals surface area contributed by atoms with Gasteiger partial charge in [0.1, 0.15) is 30.5 Å². The van der Waals surface area contributed by atoms with Gasteiger partial charge in [-0.1, -0.05) is 26.2 Å². The first kappa shape index (κ1) is 39.6. The van der Waals surface area contributed by atoms with Crippen LogP contribution in [0.5, 0.6) is 0 Å². The molecule has 2 aliphatic heterocycles. The van der Waals surface area contributed by atoms with Gasteiger partial charge in [-0.05, 0) is 6.42 Å². The number of aliphatic hydroxyl groups excluding tert-OH is 4. The summed E-state index contributed by atoms with van der Waals surface area (Å²) in [5.41, 5.74) is 5.08. The summed E-state index contributed by atoms with van der Waals surface area (Å²) in [4.78, 5) is 57.4. The number of hydrogen-bond donors (Lipinski definition) is 9. The van der Waals surface area contributed by atoms with Gasteiger partial charge in [-0.25, -0.2) is 18.9 Å². The summed E-state index contributed by atoms with van der Waals surface area (Å²) < 4.78 is 48.9. The summed E-state index contributed by atoms with van der Waals surface area (Å²) in [5, 5.41) is 62.4. The molecule has 0 saturated carbocycles. The maximum Gasteiger partial charge on any atom is 0.474 e. The van der Waals surface area contributed by atoms with Crippen molar-refractivity contribution in [2.24, 2.45) is 5.73 Å². The van der Waals surface area contributed by atoms with E-state index in [0.717, 1.165) is 26.2 Å². The monoisotopic (exact) mass is 692 g/mol. The summed E-state index contributed by atoms with van der Waals surface area (Å²) in [7, 11) is -5.44. The zero-order valence-corrected chi connectivity index (χ0v) is 25.7. The van der Waals surface area contributed by atoms with Gasteiger partial charge in [0.15, 0.2) is 37.0 Å². The molecule has 2 heterocycles. The number of aliphatic carboxylic acids is 2. The Balaban J connectivity index is 2.39. The van der Waals surface area contributed by atoms with Crippen LogP contribution in [0.2, 0.25) is 0 Å². The minimum atomic E-state index is -5.44. The van der Waals surface area contributed by atoms with Crippen molar-refractivity contribution in [2.45, 2.75) is 107 Å². The van der Waals surface area contributed by atoms with Gasteiger partial charge in [0, 0.05) is 13.5 Å². The van der Waals surface area contributed by atoms with Gasteiger partial charge in [-0.15, -0.1) is 0 Å². The van der Waals surface area contributed by atoms with Crippen molar-refractivity contribution in [1.82, 2.24) is 5.32 Å². The third kappa shape index (κ3) is 11.3. The van der Waals surface area contributed by atoms with Crippen molar-refractivity contribution in [3.05, 3.63) is 0 Å². The van der Waals surface area contributed by atoms with Crippen molar-refractivity contribution in [3.63, 3.8) is 0 Å². The van der Waals surface area contributed by atoms with Crippen LogP contribution in [0.15, 0.2) is 0 Å². The average Bonchev–Trinajstić information content (AvgIpc) is 2.96. The quantitative estimate of drug-likeness (QED) is 0.0515. The van der Waals surface area contributed by atoms with E-state index in [-0.39, 0.29) is 6.61 Å². The fourth-order valence-electron chi connectivity index (χ4n) is 4.54. The number of aliphatic hydroxyl groups is 4. The lowest BCUT2D eigenvalue weighted by molar-refractivity contribution is -0.340. The third-order valence-corrected chi connectivity index (χ3v) is 7.73. The molecule has 22 heteroatoms. The molecule has 0 bridgehead atoms. The van der Waals surface area contributed by atoms with Crippen LogP contribution < -0.4 is 11.1 Å². The first-order valence-electron chi connectivity index (χ1n) is 14.1. The van der Waals surface area contributed by atoms with E-state index < -0.39 is 112 Å². The zero-order valence-electron chi connectivity index (χ0n) is 24.9. The largest absolute Gasteiger partial charge is 0.479 e. The van der Waals surface area contributed by atoms with Crippen LogP contribution in [-0.4, -0.2) is 147 Å². The van der Waals surface area contributed by atoms with E-state index in [1.807, 2.05) is 6.92 Å². The topological polar surface area (TPSA) is 330 Å². The van der Waals surface area contributed by atoms with E-state index in [1.165, 1.54) is 0 Å². The Morgan fingerprint density at radius 3 is 2.20 bits per heavy atom. The van der Waals surface area contributed by atoms with Crippen molar-refractivity contribution in [3.8, 4) is 0 Å². The van der Waals surface area contributed by atoms with Crippen LogP contribution in [0.25, 0.3) is 0 Å². The summed E-state index contributed by atoms with van der Waals surface area (Å²) >= 11 is 0. The van der Waals surface area contributed by atoms with Crippen LogP contribution in [-0.2, 0) is 51.7 Å². The number of phosphoric ester groups is 1. The van der Waals surface area contributed by atoms with Gasteiger partial charge >= 0.3 is 25.9 Å². The molecule has 0 aromatic heterocycles. The van der Waals surface area contributed by atoms with Crippen LogP contribution in [0.4, 0.5) is 4.79 Å². The van der Waals surface area contributed by atoms with E-state index in [0.29, 0.717) is 6.42 Å². The predicted molar refractivity (Wildman–Crippen MR) is 145 cm³/mol. The Bertz CT molecular complexity index is 1080. The molecule has 2 amide bonds. The average molecular weight is 693 g/mol. The van der Waals surface area contributed by atoms with E-state index >= 15 is 0 Å². The fraction of sp³-hybridized carbons (Fsp3) is 0.833. The number of ether oxygens (including phenoxy) is 5. The number of amides is 2. The first-order valence-corrected chi connectivity index (χ1v) is 15.6. The fourth-order valence-corrected chi connectivity index (χ4v) is 5.35. The molecular weight excluding hydrogens is 651 g/mol. The van der Waals surface area contributed by atoms with Gasteiger partial charge < -0.3 is 70.3 Å². The Labute approximate surface area is 262 Å². The molecule has 2 saturated heterocycles. The number of carbonyl (C=O) groups excluding carboxylic acids is 2. The Morgan fingerprint density at radius 2 is 1.65 bits per heavy atom. The highest BCUT2D eigenvalue weighted by Gasteiger charge is 2.56. The van der Waals surface area contributed by atoms with Crippen LogP contribution in [0, 0.1) is 0 Å². The second kappa shape index (κ2) is 18.1. The number of rotatable bonds is 18. The highest BCUT2D eigenvalue weighted by Crippen LogP contribution is 2.47. The summed E-state index contributed by atoms with van der Waals surface area (Å²) in [6, 6.07) is -1.65. The lowest BCUT2D eigenvalue weighted by Crippen LogP contribution is -2.68. The van der Waals surface area contributed by atoms with Crippen molar-refractivity contribution < 1.29 is 92.0 Å². The van der Waals surface area contributed by atoms with E-state index in [1.54, 1.807) is 0 Å². The molecule has 0 radical (unpaired) electrons. The number of primary amides is 1. The highest BCUT2D eigenvalue weighted by atomic mass is 31.2. The van der Waals surface area contributed by atoms with E-state index in [4.69, 9.17) is 38.5 Å². The summed E-state index contributed by atoms with van der Waals surface area (Å²) in [5.74, 6) is -4.21. The van der Waals surface area contributed by atoms with Gasteiger partial charge in [0.2, 0.25) is 5.91 Å². The second-order valence-corrected chi connectivity index (χ2v) is 11.7. The third-order valence-electron chi connectivity index (χ3n) is 6.78. The van der Waals surface area contributed by atoms with Gasteiger partial charge in [-0.3, -0.25) is 13.8 Å². The molecule has 2 fully saturated rings. The van der Waals surface area contributed by atoms with Crippen molar-refractivity contribution in [1.29, 1.82) is 0 Å².